The van der Waals surface area contributed by atoms with Crippen molar-refractivity contribution in [3.8, 4) is 0 Å². The largest absolute Gasteiger partial charge is 0.273 e. The normalized spacial score (nSPS) is 18.4. The molecule has 1 aromatic rings. The number of benzene rings is 1. The number of rotatable bonds is 3. The Morgan fingerprint density at radius 1 is 1.35 bits per heavy atom. The maximum absolute atomic E-state index is 11.8. The van der Waals surface area contributed by atoms with Gasteiger partial charge < -0.3 is 0 Å². The Balaban J connectivity index is 2.11. The van der Waals surface area contributed by atoms with E-state index in [-0.39, 0.29) is 5.92 Å². The number of hydrogen-bond acceptors (Lipinski definition) is 3. The van der Waals surface area contributed by atoms with Gasteiger partial charge in [-0.15, -0.1) is 0 Å². The van der Waals surface area contributed by atoms with Gasteiger partial charge in [-0.05, 0) is 31.4 Å². The first-order valence-electron chi connectivity index (χ1n) is 5.55. The molecule has 0 aliphatic heterocycles. The molecule has 1 aromatic carbocycles. The Labute approximate surface area is 101 Å². The Kier molecular flexibility index (Phi) is 2.95. The lowest BCUT2D eigenvalue weighted by Gasteiger charge is -2.28. The van der Waals surface area contributed by atoms with E-state index in [2.05, 4.69) is 4.72 Å². The molecule has 0 saturated heterocycles. The third-order valence-electron chi connectivity index (χ3n) is 3.03. The highest BCUT2D eigenvalue weighted by molar-refractivity contribution is 7.90. The molecular weight excluding hydrogens is 238 g/mol. The molecule has 0 aromatic heterocycles. The van der Waals surface area contributed by atoms with E-state index in [1.54, 1.807) is 13.8 Å². The third-order valence-corrected chi connectivity index (χ3v) is 4.76. The van der Waals surface area contributed by atoms with Gasteiger partial charge >= 0.3 is 0 Å². The molecule has 1 aliphatic carbocycles. The van der Waals surface area contributed by atoms with Crippen LogP contribution in [0.2, 0.25) is 0 Å². The highest BCUT2D eigenvalue weighted by atomic mass is 32.2. The van der Waals surface area contributed by atoms with Crippen molar-refractivity contribution in [3.63, 3.8) is 0 Å². The number of carbonyl (C=O) groups is 1. The van der Waals surface area contributed by atoms with Gasteiger partial charge in [-0.1, -0.05) is 24.3 Å². The summed E-state index contributed by atoms with van der Waals surface area (Å²) in [6, 6.07) is 7.59. The Hall–Kier alpha value is -1.36. The summed E-state index contributed by atoms with van der Waals surface area (Å²) in [5, 5.41) is -0.596. The van der Waals surface area contributed by atoms with E-state index in [0.717, 1.165) is 11.1 Å². The second kappa shape index (κ2) is 4.14. The van der Waals surface area contributed by atoms with Crippen LogP contribution in [0.3, 0.4) is 0 Å². The highest BCUT2D eigenvalue weighted by Crippen LogP contribution is 2.34. The summed E-state index contributed by atoms with van der Waals surface area (Å²) in [6.45, 7) is 3.09. The molecule has 1 aliphatic rings. The standard InChI is InChI=1S/C12H15NO3S/c1-8(2)17(15,16)13-12(14)11-7-9-5-3-4-6-10(9)11/h3-6,8,11H,7H2,1-2H3,(H,13,14). The minimum Gasteiger partial charge on any atom is -0.273 e. The molecule has 0 heterocycles. The molecule has 5 heteroatoms. The number of sulfonamides is 1. The van der Waals surface area contributed by atoms with Crippen molar-refractivity contribution in [2.24, 2.45) is 0 Å². The maximum Gasteiger partial charge on any atom is 0.241 e. The fraction of sp³-hybridized carbons (Fsp3) is 0.417. The van der Waals surface area contributed by atoms with Crippen molar-refractivity contribution >= 4 is 15.9 Å². The summed E-state index contributed by atoms with van der Waals surface area (Å²) in [5.41, 5.74) is 2.05. The van der Waals surface area contributed by atoms with Crippen molar-refractivity contribution in [3.05, 3.63) is 35.4 Å². The van der Waals surface area contributed by atoms with E-state index in [9.17, 15) is 13.2 Å². The molecule has 1 N–H and O–H groups in total. The zero-order chi connectivity index (χ0) is 12.6. The van der Waals surface area contributed by atoms with Crippen molar-refractivity contribution < 1.29 is 13.2 Å². The maximum atomic E-state index is 11.8. The highest BCUT2D eigenvalue weighted by Gasteiger charge is 2.34. The quantitative estimate of drug-likeness (QED) is 0.879. The second-order valence-electron chi connectivity index (χ2n) is 4.52. The minimum absolute atomic E-state index is 0.320. The number of amides is 1. The van der Waals surface area contributed by atoms with Gasteiger partial charge in [-0.3, -0.25) is 9.52 Å². The van der Waals surface area contributed by atoms with E-state index in [4.69, 9.17) is 0 Å². The first kappa shape index (κ1) is 12.1. The number of fused-ring (bicyclic) bond motifs is 1. The van der Waals surface area contributed by atoms with Crippen LogP contribution in [0.5, 0.6) is 0 Å². The van der Waals surface area contributed by atoms with Crippen molar-refractivity contribution in [1.29, 1.82) is 0 Å². The molecule has 0 fully saturated rings. The predicted molar refractivity (Wildman–Crippen MR) is 65.1 cm³/mol. The van der Waals surface area contributed by atoms with Crippen LogP contribution in [-0.2, 0) is 21.2 Å². The van der Waals surface area contributed by atoms with E-state index in [0.29, 0.717) is 6.42 Å². The number of nitrogens with one attached hydrogen (secondary N) is 1. The Morgan fingerprint density at radius 2 is 2.00 bits per heavy atom. The van der Waals surface area contributed by atoms with Crippen LogP contribution in [0.4, 0.5) is 0 Å². The van der Waals surface area contributed by atoms with Crippen LogP contribution >= 0.6 is 0 Å². The smallest absolute Gasteiger partial charge is 0.241 e. The second-order valence-corrected chi connectivity index (χ2v) is 6.75. The van der Waals surface area contributed by atoms with Gasteiger partial charge in [-0.2, -0.15) is 0 Å². The van der Waals surface area contributed by atoms with Gasteiger partial charge in [-0.25, -0.2) is 8.42 Å². The van der Waals surface area contributed by atoms with Crippen LogP contribution in [0.1, 0.15) is 30.9 Å². The van der Waals surface area contributed by atoms with Gasteiger partial charge in [0.25, 0.3) is 0 Å². The monoisotopic (exact) mass is 253 g/mol. The number of carbonyl (C=O) groups excluding carboxylic acids is 1. The molecule has 0 radical (unpaired) electrons. The zero-order valence-electron chi connectivity index (χ0n) is 9.80. The zero-order valence-corrected chi connectivity index (χ0v) is 10.6. The van der Waals surface area contributed by atoms with Crippen LogP contribution in [-0.4, -0.2) is 19.6 Å². The van der Waals surface area contributed by atoms with Crippen molar-refractivity contribution in [2.45, 2.75) is 31.4 Å². The van der Waals surface area contributed by atoms with Crippen molar-refractivity contribution in [1.82, 2.24) is 4.72 Å². The van der Waals surface area contributed by atoms with Crippen LogP contribution < -0.4 is 4.72 Å². The molecular formula is C12H15NO3S. The molecule has 0 bridgehead atoms. The first-order chi connectivity index (χ1) is 7.92. The van der Waals surface area contributed by atoms with Gasteiger partial charge in [0.05, 0.1) is 11.2 Å². The Morgan fingerprint density at radius 3 is 2.59 bits per heavy atom. The summed E-state index contributed by atoms with van der Waals surface area (Å²) in [5.74, 6) is -0.739. The summed E-state index contributed by atoms with van der Waals surface area (Å²) in [7, 11) is -3.52. The Bertz CT molecular complexity index is 549. The molecule has 0 spiro atoms. The topological polar surface area (TPSA) is 63.2 Å². The summed E-state index contributed by atoms with van der Waals surface area (Å²) < 4.78 is 25.3. The summed E-state index contributed by atoms with van der Waals surface area (Å²) in [4.78, 5) is 11.8. The SMILES string of the molecule is CC(C)S(=O)(=O)NC(=O)C1Cc2ccccc21. The van der Waals surface area contributed by atoms with E-state index < -0.39 is 21.2 Å². The van der Waals surface area contributed by atoms with Crippen LogP contribution in [0.25, 0.3) is 0 Å². The minimum atomic E-state index is -3.52. The van der Waals surface area contributed by atoms with E-state index in [1.165, 1.54) is 0 Å². The summed E-state index contributed by atoms with van der Waals surface area (Å²) in [6.07, 6.45) is 0.621. The molecule has 0 saturated carbocycles. The first-order valence-corrected chi connectivity index (χ1v) is 7.09. The predicted octanol–water partition coefficient (Wildman–Crippen LogP) is 1.18. The van der Waals surface area contributed by atoms with Gasteiger partial charge in [0.2, 0.25) is 15.9 Å². The van der Waals surface area contributed by atoms with Crippen LogP contribution in [0.15, 0.2) is 24.3 Å². The summed E-state index contributed by atoms with van der Waals surface area (Å²) >= 11 is 0. The number of hydrogen-bond donors (Lipinski definition) is 1. The lowest BCUT2D eigenvalue weighted by molar-refractivity contribution is -0.121. The van der Waals surface area contributed by atoms with E-state index >= 15 is 0 Å². The lowest BCUT2D eigenvalue weighted by Crippen LogP contribution is -2.41. The third kappa shape index (κ3) is 2.20. The molecule has 1 amide bonds. The van der Waals surface area contributed by atoms with Gasteiger partial charge in [0.15, 0.2) is 0 Å². The van der Waals surface area contributed by atoms with Crippen LogP contribution in [0, 0.1) is 0 Å². The average molecular weight is 253 g/mol. The van der Waals surface area contributed by atoms with Gasteiger partial charge in [0.1, 0.15) is 0 Å². The van der Waals surface area contributed by atoms with Crippen molar-refractivity contribution in [2.75, 3.05) is 0 Å². The van der Waals surface area contributed by atoms with E-state index in [1.807, 2.05) is 24.3 Å². The molecule has 2 rings (SSSR count). The fourth-order valence-electron chi connectivity index (χ4n) is 1.82. The molecule has 1 atom stereocenters. The molecule has 17 heavy (non-hydrogen) atoms. The molecule has 92 valence electrons. The lowest BCUT2D eigenvalue weighted by atomic mass is 9.77. The molecule has 1 unspecified atom stereocenters. The average Bonchev–Trinajstić information content (AvgIpc) is 2.18. The fourth-order valence-corrected chi connectivity index (χ4v) is 2.48. The molecule has 4 nitrogen and oxygen atoms in total. The van der Waals surface area contributed by atoms with Gasteiger partial charge in [0, 0.05) is 0 Å².